The Morgan fingerprint density at radius 2 is 1.67 bits per heavy atom. The fourth-order valence-electron chi connectivity index (χ4n) is 4.06. The van der Waals surface area contributed by atoms with Gasteiger partial charge in [0.15, 0.2) is 0 Å². The van der Waals surface area contributed by atoms with E-state index < -0.39 is 11.9 Å². The Morgan fingerprint density at radius 3 is 2.44 bits per heavy atom. The lowest BCUT2D eigenvalue weighted by atomic mass is 10.0. The van der Waals surface area contributed by atoms with E-state index in [-0.39, 0.29) is 11.4 Å². The third-order valence-electron chi connectivity index (χ3n) is 5.95. The van der Waals surface area contributed by atoms with Crippen LogP contribution in [0.25, 0.3) is 22.0 Å². The van der Waals surface area contributed by atoms with Crippen LogP contribution in [-0.2, 0) is 0 Å². The number of fused-ring (bicyclic) bond motifs is 1. The predicted octanol–water partition coefficient (Wildman–Crippen LogP) is 7.13. The van der Waals surface area contributed by atoms with Crippen LogP contribution in [0.2, 0.25) is 10.0 Å². The van der Waals surface area contributed by atoms with Gasteiger partial charge in [-0.1, -0.05) is 53.5 Å². The predicted molar refractivity (Wildman–Crippen MR) is 153 cm³/mol. The number of nitrogens with zero attached hydrogens (tertiary/aromatic N) is 1. The van der Waals surface area contributed by atoms with Gasteiger partial charge in [0.25, 0.3) is 5.91 Å². The van der Waals surface area contributed by atoms with Gasteiger partial charge in [0.2, 0.25) is 0 Å². The highest BCUT2D eigenvalue weighted by Crippen LogP contribution is 2.37. The number of aromatic amines is 1. The summed E-state index contributed by atoms with van der Waals surface area (Å²) in [6.45, 7) is 0. The quantitative estimate of drug-likeness (QED) is 0.0962. The Kier molecular flexibility index (Phi) is 7.63. The molecule has 4 aromatic carbocycles. The maximum Gasteiger partial charge on any atom is 0.343 e. The highest BCUT2D eigenvalue weighted by molar-refractivity contribution is 6.34. The normalized spacial score (nSPS) is 11.1. The average Bonchev–Trinajstić information content (AvgIpc) is 3.32. The minimum absolute atomic E-state index is 0.275. The lowest BCUT2D eigenvalue weighted by Gasteiger charge is -2.08. The molecule has 194 valence electrons. The monoisotopic (exact) mass is 557 g/mol. The number of carbonyl (C=O) groups is 2. The highest BCUT2D eigenvalue weighted by Gasteiger charge is 2.21. The molecule has 39 heavy (non-hydrogen) atoms. The summed E-state index contributed by atoms with van der Waals surface area (Å²) in [7, 11) is 1.55. The van der Waals surface area contributed by atoms with Gasteiger partial charge in [-0.2, -0.15) is 5.10 Å². The van der Waals surface area contributed by atoms with Gasteiger partial charge in [-0.15, -0.1) is 0 Å². The van der Waals surface area contributed by atoms with Gasteiger partial charge in [-0.25, -0.2) is 10.2 Å². The van der Waals surface area contributed by atoms with Gasteiger partial charge < -0.3 is 14.5 Å². The number of esters is 1. The van der Waals surface area contributed by atoms with Crippen LogP contribution in [0.5, 0.6) is 11.5 Å². The minimum Gasteiger partial charge on any atom is -0.497 e. The van der Waals surface area contributed by atoms with Crippen LogP contribution in [0.3, 0.4) is 0 Å². The maximum atomic E-state index is 13.3. The number of para-hydroxylation sites is 1. The summed E-state index contributed by atoms with van der Waals surface area (Å²) in [6, 6.07) is 26.0. The van der Waals surface area contributed by atoms with Gasteiger partial charge in [-0.05, 0) is 60.7 Å². The molecule has 7 nitrogen and oxygen atoms in total. The fourth-order valence-corrected chi connectivity index (χ4v) is 4.46. The van der Waals surface area contributed by atoms with Crippen molar-refractivity contribution in [3.05, 3.63) is 118 Å². The minimum atomic E-state index is -0.538. The zero-order chi connectivity index (χ0) is 27.4. The van der Waals surface area contributed by atoms with E-state index in [0.717, 1.165) is 10.9 Å². The molecule has 2 N–H and O–H groups in total. The molecule has 0 aliphatic heterocycles. The SMILES string of the molecule is COc1ccc(C(=O)Oc2ccccc2C=NNC(=O)c2[nH]c3ccc(Cl)cc3c2-c2ccccc2Cl)cc1. The number of hydrogen-bond donors (Lipinski definition) is 2. The van der Waals surface area contributed by atoms with Crippen molar-refractivity contribution >= 4 is 52.2 Å². The van der Waals surface area contributed by atoms with Gasteiger partial charge >= 0.3 is 5.97 Å². The number of H-pyrrole nitrogens is 1. The summed E-state index contributed by atoms with van der Waals surface area (Å²) in [5.74, 6) is -0.108. The van der Waals surface area contributed by atoms with Gasteiger partial charge in [0, 0.05) is 37.6 Å². The first kappa shape index (κ1) is 26.0. The Morgan fingerprint density at radius 1 is 0.923 bits per heavy atom. The molecule has 0 aliphatic rings. The second-order valence-corrected chi connectivity index (χ2v) is 9.24. The summed E-state index contributed by atoms with van der Waals surface area (Å²) in [5, 5.41) is 5.88. The van der Waals surface area contributed by atoms with E-state index >= 15 is 0 Å². The van der Waals surface area contributed by atoms with Crippen LogP contribution in [0.1, 0.15) is 26.4 Å². The molecule has 0 saturated heterocycles. The van der Waals surface area contributed by atoms with E-state index in [1.165, 1.54) is 6.21 Å². The van der Waals surface area contributed by atoms with Gasteiger partial charge in [-0.3, -0.25) is 4.79 Å². The van der Waals surface area contributed by atoms with E-state index in [4.69, 9.17) is 32.7 Å². The number of hydrogen-bond acceptors (Lipinski definition) is 5. The van der Waals surface area contributed by atoms with Crippen LogP contribution < -0.4 is 14.9 Å². The second-order valence-electron chi connectivity index (χ2n) is 8.40. The molecule has 0 unspecified atom stereocenters. The number of aromatic nitrogens is 1. The fraction of sp³-hybridized carbons (Fsp3) is 0.0333. The summed E-state index contributed by atoms with van der Waals surface area (Å²) >= 11 is 12.7. The van der Waals surface area contributed by atoms with Crippen molar-refractivity contribution < 1.29 is 19.1 Å². The molecule has 0 spiro atoms. The van der Waals surface area contributed by atoms with Gasteiger partial charge in [0.05, 0.1) is 18.9 Å². The first-order valence-electron chi connectivity index (χ1n) is 11.8. The molecule has 0 saturated carbocycles. The van der Waals surface area contributed by atoms with E-state index in [1.54, 1.807) is 79.9 Å². The molecule has 1 amide bonds. The number of methoxy groups -OCH3 is 1. The van der Waals surface area contributed by atoms with Gasteiger partial charge in [0.1, 0.15) is 17.2 Å². The van der Waals surface area contributed by atoms with Crippen molar-refractivity contribution in [3.8, 4) is 22.6 Å². The lowest BCUT2D eigenvalue weighted by molar-refractivity contribution is 0.0734. The van der Waals surface area contributed by atoms with Crippen molar-refractivity contribution in [3.63, 3.8) is 0 Å². The zero-order valence-electron chi connectivity index (χ0n) is 20.6. The number of amides is 1. The largest absolute Gasteiger partial charge is 0.497 e. The number of benzene rings is 4. The molecule has 1 aromatic heterocycles. The van der Waals surface area contributed by atoms with Crippen molar-refractivity contribution in [2.75, 3.05) is 7.11 Å². The molecule has 0 aliphatic carbocycles. The zero-order valence-corrected chi connectivity index (χ0v) is 22.1. The van der Waals surface area contributed by atoms with Crippen molar-refractivity contribution in [1.29, 1.82) is 0 Å². The first-order chi connectivity index (χ1) is 18.9. The Balaban J connectivity index is 1.39. The average molecular weight is 558 g/mol. The van der Waals surface area contributed by atoms with E-state index in [1.807, 2.05) is 18.2 Å². The Labute approximate surface area is 234 Å². The number of rotatable bonds is 7. The molecule has 9 heteroatoms. The summed E-state index contributed by atoms with van der Waals surface area (Å²) in [5.41, 5.74) is 5.69. The number of nitrogens with one attached hydrogen (secondary N) is 2. The van der Waals surface area contributed by atoms with E-state index in [2.05, 4.69) is 15.5 Å². The third-order valence-corrected chi connectivity index (χ3v) is 6.51. The van der Waals surface area contributed by atoms with Crippen molar-refractivity contribution in [1.82, 2.24) is 10.4 Å². The molecular weight excluding hydrogens is 537 g/mol. The number of halogens is 2. The Bertz CT molecular complexity index is 1710. The molecule has 5 rings (SSSR count). The van der Waals surface area contributed by atoms with Crippen molar-refractivity contribution in [2.24, 2.45) is 5.10 Å². The molecule has 0 atom stereocenters. The topological polar surface area (TPSA) is 92.8 Å². The lowest BCUT2D eigenvalue weighted by Crippen LogP contribution is -2.19. The molecule has 0 fully saturated rings. The molecule has 0 radical (unpaired) electrons. The second kappa shape index (κ2) is 11.4. The van der Waals surface area contributed by atoms with Crippen LogP contribution in [0.4, 0.5) is 0 Å². The molecule has 1 heterocycles. The third kappa shape index (κ3) is 5.65. The summed E-state index contributed by atoms with van der Waals surface area (Å²) in [6.07, 6.45) is 1.41. The number of ether oxygens (including phenoxy) is 2. The standard InChI is InChI=1S/C30H21Cl2N3O4/c1-38-21-13-10-18(11-14-21)30(37)39-26-9-5-2-6-19(26)17-33-35-29(36)28-27(22-7-3-4-8-24(22)32)23-16-20(31)12-15-25(23)34-28/h2-17,34H,1H3,(H,35,36). The Hall–Kier alpha value is -4.59. The van der Waals surface area contributed by atoms with Crippen molar-refractivity contribution in [2.45, 2.75) is 0 Å². The van der Waals surface area contributed by atoms with Crippen LogP contribution in [0.15, 0.2) is 96.1 Å². The summed E-state index contributed by atoms with van der Waals surface area (Å²) < 4.78 is 10.7. The van der Waals surface area contributed by atoms with Crippen LogP contribution >= 0.6 is 23.2 Å². The maximum absolute atomic E-state index is 13.3. The van der Waals surface area contributed by atoms with Crippen LogP contribution in [0, 0.1) is 0 Å². The highest BCUT2D eigenvalue weighted by atomic mass is 35.5. The smallest absolute Gasteiger partial charge is 0.343 e. The molecule has 0 bridgehead atoms. The number of carbonyl (C=O) groups excluding carboxylic acids is 2. The first-order valence-corrected chi connectivity index (χ1v) is 12.5. The molecular formula is C30H21Cl2N3O4. The van der Waals surface area contributed by atoms with E-state index in [0.29, 0.717) is 38.0 Å². The number of hydrazone groups is 1. The summed E-state index contributed by atoms with van der Waals surface area (Å²) in [4.78, 5) is 29.1. The molecule has 5 aromatic rings. The van der Waals surface area contributed by atoms with E-state index in [9.17, 15) is 9.59 Å². The van der Waals surface area contributed by atoms with Crippen LogP contribution in [-0.4, -0.2) is 30.2 Å².